The van der Waals surface area contributed by atoms with E-state index in [9.17, 15) is 4.79 Å². The summed E-state index contributed by atoms with van der Waals surface area (Å²) in [6.45, 7) is 6.33. The molecule has 18 heavy (non-hydrogen) atoms. The van der Waals surface area contributed by atoms with Gasteiger partial charge in [0.25, 0.3) is 5.56 Å². The van der Waals surface area contributed by atoms with E-state index < -0.39 is 0 Å². The van der Waals surface area contributed by atoms with Gasteiger partial charge in [-0.25, -0.2) is 4.98 Å². The van der Waals surface area contributed by atoms with Crippen LogP contribution in [0.3, 0.4) is 0 Å². The molecule has 1 aromatic rings. The van der Waals surface area contributed by atoms with E-state index in [0.29, 0.717) is 6.42 Å². The maximum atomic E-state index is 11.6. The Labute approximate surface area is 109 Å². The van der Waals surface area contributed by atoms with E-state index in [1.165, 1.54) is 17.3 Å². The van der Waals surface area contributed by atoms with Gasteiger partial charge in [0.15, 0.2) is 0 Å². The van der Waals surface area contributed by atoms with Crippen molar-refractivity contribution in [3.05, 3.63) is 63.6 Å². The van der Waals surface area contributed by atoms with Crippen molar-refractivity contribution in [2.24, 2.45) is 0 Å². The number of allylic oxidation sites excluding steroid dienone is 4. The Hall–Kier alpha value is -1.70. The summed E-state index contributed by atoms with van der Waals surface area (Å²) in [5.74, 6) is 0. The van der Waals surface area contributed by atoms with E-state index in [1.54, 1.807) is 6.07 Å². The zero-order chi connectivity index (χ0) is 13.4. The summed E-state index contributed by atoms with van der Waals surface area (Å²) in [6.07, 6.45) is 8.68. The molecule has 0 amide bonds. The largest absolute Gasteiger partial charge is 0.273 e. The molecule has 96 valence electrons. The Morgan fingerprint density at radius 1 is 1.22 bits per heavy atom. The average molecular weight is 243 g/mol. The van der Waals surface area contributed by atoms with E-state index in [2.05, 4.69) is 37.9 Å². The lowest BCUT2D eigenvalue weighted by Gasteiger charge is -1.98. The predicted octanol–water partition coefficient (Wildman–Crippen LogP) is 3.68. The van der Waals surface area contributed by atoms with Crippen LogP contribution in [0.25, 0.3) is 0 Å². The third kappa shape index (κ3) is 5.58. The topological polar surface area (TPSA) is 30.0 Å². The fraction of sp³-hybridized carbons (Fsp3) is 0.375. The van der Waals surface area contributed by atoms with Gasteiger partial charge in [-0.05, 0) is 46.1 Å². The van der Waals surface area contributed by atoms with Crippen LogP contribution in [0, 0.1) is 0 Å². The molecule has 0 aliphatic carbocycles. The first-order chi connectivity index (χ1) is 8.59. The molecule has 0 aliphatic heterocycles. The average Bonchev–Trinajstić information content (AvgIpc) is 2.51. The third-order valence-electron chi connectivity index (χ3n) is 2.72. The van der Waals surface area contributed by atoms with Gasteiger partial charge in [0, 0.05) is 11.8 Å². The molecule has 0 saturated carbocycles. The van der Waals surface area contributed by atoms with Gasteiger partial charge in [-0.2, -0.15) is 0 Å². The van der Waals surface area contributed by atoms with Crippen molar-refractivity contribution >= 4 is 0 Å². The highest BCUT2D eigenvalue weighted by molar-refractivity contribution is 5.15. The normalized spacial score (nSPS) is 11.2. The van der Waals surface area contributed by atoms with Crippen molar-refractivity contribution in [3.63, 3.8) is 0 Å². The summed E-state index contributed by atoms with van der Waals surface area (Å²) < 4.78 is 0. The summed E-state index contributed by atoms with van der Waals surface area (Å²) in [7, 11) is 0. The standard InChI is InChI=1S/C16H21NO/c1-13(2)7-6-8-14(3)10-11-15-9-4-5-12-17-16(15)18/h4-5,7,9-10,12H,6,8,11H2,1-3H3/b14-10+. The van der Waals surface area contributed by atoms with Gasteiger partial charge in [-0.3, -0.25) is 4.79 Å². The first-order valence-corrected chi connectivity index (χ1v) is 6.33. The van der Waals surface area contributed by atoms with Crippen molar-refractivity contribution in [1.29, 1.82) is 0 Å². The maximum absolute atomic E-state index is 11.6. The smallest absolute Gasteiger partial charge is 0.267 e. The molecule has 2 nitrogen and oxygen atoms in total. The van der Waals surface area contributed by atoms with Crippen LogP contribution in [0.4, 0.5) is 0 Å². The van der Waals surface area contributed by atoms with Gasteiger partial charge in [0.2, 0.25) is 0 Å². The number of nitrogens with zero attached hydrogens (tertiary/aromatic N) is 1. The fourth-order valence-electron chi connectivity index (χ4n) is 1.62. The molecular formula is C16H21NO. The summed E-state index contributed by atoms with van der Waals surface area (Å²) in [5, 5.41) is 0. The molecule has 1 aromatic heterocycles. The lowest BCUT2D eigenvalue weighted by atomic mass is 10.1. The summed E-state index contributed by atoms with van der Waals surface area (Å²) in [5.41, 5.74) is 3.29. The molecule has 0 spiro atoms. The molecule has 0 atom stereocenters. The Balaban J connectivity index is 2.61. The molecule has 0 bridgehead atoms. The van der Waals surface area contributed by atoms with Gasteiger partial charge in [-0.15, -0.1) is 0 Å². The molecule has 1 heterocycles. The van der Waals surface area contributed by atoms with Crippen LogP contribution >= 0.6 is 0 Å². The van der Waals surface area contributed by atoms with Crippen molar-refractivity contribution in [2.75, 3.05) is 0 Å². The van der Waals surface area contributed by atoms with E-state index in [4.69, 9.17) is 0 Å². The highest BCUT2D eigenvalue weighted by atomic mass is 16.1. The molecule has 0 saturated heterocycles. The maximum Gasteiger partial charge on any atom is 0.273 e. The first kappa shape index (κ1) is 14.4. The summed E-state index contributed by atoms with van der Waals surface area (Å²) >= 11 is 0. The van der Waals surface area contributed by atoms with Crippen molar-refractivity contribution in [1.82, 2.24) is 4.98 Å². The zero-order valence-corrected chi connectivity index (χ0v) is 11.4. The fourth-order valence-corrected chi connectivity index (χ4v) is 1.62. The Morgan fingerprint density at radius 2 is 2.00 bits per heavy atom. The molecule has 1 rings (SSSR count). The van der Waals surface area contributed by atoms with Gasteiger partial charge in [0.1, 0.15) is 0 Å². The molecule has 0 aromatic carbocycles. The van der Waals surface area contributed by atoms with E-state index in [0.717, 1.165) is 18.4 Å². The molecular weight excluding hydrogens is 222 g/mol. The van der Waals surface area contributed by atoms with Gasteiger partial charge in [-0.1, -0.05) is 35.4 Å². The predicted molar refractivity (Wildman–Crippen MR) is 76.6 cm³/mol. The van der Waals surface area contributed by atoms with Crippen LogP contribution in [0.2, 0.25) is 0 Å². The Morgan fingerprint density at radius 3 is 2.72 bits per heavy atom. The molecule has 0 radical (unpaired) electrons. The lowest BCUT2D eigenvalue weighted by molar-refractivity contribution is 0.954. The highest BCUT2D eigenvalue weighted by Gasteiger charge is 1.96. The highest BCUT2D eigenvalue weighted by Crippen LogP contribution is 2.07. The molecule has 2 heteroatoms. The zero-order valence-electron chi connectivity index (χ0n) is 11.4. The molecule has 0 unspecified atom stereocenters. The Bertz CT molecular complexity index is 496. The van der Waals surface area contributed by atoms with E-state index in [1.807, 2.05) is 12.1 Å². The van der Waals surface area contributed by atoms with Gasteiger partial charge in [0.05, 0.1) is 0 Å². The second-order valence-corrected chi connectivity index (χ2v) is 4.73. The quantitative estimate of drug-likeness (QED) is 0.738. The molecule has 0 fully saturated rings. The van der Waals surface area contributed by atoms with Gasteiger partial charge < -0.3 is 0 Å². The molecule has 0 N–H and O–H groups in total. The minimum Gasteiger partial charge on any atom is -0.267 e. The number of rotatable bonds is 5. The van der Waals surface area contributed by atoms with Crippen LogP contribution in [0.15, 0.2) is 52.5 Å². The number of hydrogen-bond acceptors (Lipinski definition) is 2. The van der Waals surface area contributed by atoms with Crippen LogP contribution in [0.5, 0.6) is 0 Å². The van der Waals surface area contributed by atoms with Crippen molar-refractivity contribution in [2.45, 2.75) is 40.0 Å². The minimum atomic E-state index is -0.131. The minimum absolute atomic E-state index is 0.131. The van der Waals surface area contributed by atoms with E-state index >= 15 is 0 Å². The van der Waals surface area contributed by atoms with Crippen LogP contribution in [0.1, 0.15) is 39.2 Å². The third-order valence-corrected chi connectivity index (χ3v) is 2.72. The number of aromatic nitrogens is 1. The second kappa shape index (κ2) is 7.59. The van der Waals surface area contributed by atoms with Crippen LogP contribution in [-0.2, 0) is 6.42 Å². The van der Waals surface area contributed by atoms with Gasteiger partial charge >= 0.3 is 0 Å². The van der Waals surface area contributed by atoms with Crippen LogP contribution in [-0.4, -0.2) is 4.98 Å². The monoisotopic (exact) mass is 243 g/mol. The summed E-state index contributed by atoms with van der Waals surface area (Å²) in [6, 6.07) is 5.47. The van der Waals surface area contributed by atoms with Crippen molar-refractivity contribution < 1.29 is 0 Å². The van der Waals surface area contributed by atoms with Crippen molar-refractivity contribution in [3.8, 4) is 0 Å². The number of hydrogen-bond donors (Lipinski definition) is 0. The van der Waals surface area contributed by atoms with Crippen LogP contribution < -0.4 is 5.56 Å². The van der Waals surface area contributed by atoms with E-state index in [-0.39, 0.29) is 5.56 Å². The molecule has 0 aliphatic rings. The first-order valence-electron chi connectivity index (χ1n) is 6.33. The Kier molecular flexibility index (Phi) is 6.06. The summed E-state index contributed by atoms with van der Waals surface area (Å²) in [4.78, 5) is 15.4. The SMILES string of the molecule is CC(C)=CCC/C(C)=C/Cc1ccccnc1=O. The second-order valence-electron chi connectivity index (χ2n) is 4.73. The lowest BCUT2D eigenvalue weighted by Crippen LogP contribution is -2.07.